The Morgan fingerprint density at radius 3 is 2.42 bits per heavy atom. The molecule has 1 unspecified atom stereocenters. The summed E-state index contributed by atoms with van der Waals surface area (Å²) in [6, 6.07) is 2.33. The highest BCUT2D eigenvalue weighted by atomic mass is 35.5. The summed E-state index contributed by atoms with van der Waals surface area (Å²) in [5.41, 5.74) is -0.270. The summed E-state index contributed by atoms with van der Waals surface area (Å²) >= 11 is 6.87. The van der Waals surface area contributed by atoms with Crippen LogP contribution in [0.5, 0.6) is 0 Å². The maximum Gasteiger partial charge on any atom is 0.250 e. The third-order valence-corrected chi connectivity index (χ3v) is 9.17. The molecule has 3 rings (SSSR count). The standard InChI is InChI=1S/C18H27ClN2O3S2/c1-10-14-11(18(14,5)6)9-21(10)16(22)15(17(2,3)4)20-26(23,24)13-8-7-12(19)25-13/h7-8,10-11,14-15,20H,9H2,1-6H3/t10-,11?,14-,15-/m1/s1. The van der Waals surface area contributed by atoms with Crippen molar-refractivity contribution in [3.63, 3.8) is 0 Å². The molecule has 0 aromatic carbocycles. The lowest BCUT2D eigenvalue weighted by Crippen LogP contribution is -2.56. The Hall–Kier alpha value is -0.630. The van der Waals surface area contributed by atoms with Gasteiger partial charge in [0.25, 0.3) is 10.0 Å². The fourth-order valence-corrected chi connectivity index (χ4v) is 7.27. The number of thiophene rings is 1. The van der Waals surface area contributed by atoms with E-state index >= 15 is 0 Å². The summed E-state index contributed by atoms with van der Waals surface area (Å²) in [4.78, 5) is 15.1. The van der Waals surface area contributed by atoms with Crippen LogP contribution in [0.15, 0.2) is 16.3 Å². The van der Waals surface area contributed by atoms with Gasteiger partial charge in [0.15, 0.2) is 0 Å². The monoisotopic (exact) mass is 418 g/mol. The van der Waals surface area contributed by atoms with Crippen molar-refractivity contribution < 1.29 is 13.2 Å². The summed E-state index contributed by atoms with van der Waals surface area (Å²) in [7, 11) is -3.80. The third-order valence-electron chi connectivity index (χ3n) is 6.03. The van der Waals surface area contributed by atoms with Gasteiger partial charge in [0.1, 0.15) is 10.3 Å². The fourth-order valence-electron chi connectivity index (χ4n) is 4.37. The van der Waals surface area contributed by atoms with E-state index in [2.05, 4.69) is 25.5 Å². The number of nitrogens with one attached hydrogen (secondary N) is 1. The largest absolute Gasteiger partial charge is 0.338 e. The van der Waals surface area contributed by atoms with Gasteiger partial charge >= 0.3 is 0 Å². The lowest BCUT2D eigenvalue weighted by molar-refractivity contribution is -0.137. The van der Waals surface area contributed by atoms with Crippen molar-refractivity contribution in [2.45, 2.75) is 57.8 Å². The average molecular weight is 419 g/mol. The SMILES string of the molecule is C[C@@H]1[C@@H]2C(CN1C(=O)[C@@H](NS(=O)(=O)c1ccc(Cl)s1)C(C)(C)C)C2(C)C. The number of halogens is 1. The summed E-state index contributed by atoms with van der Waals surface area (Å²) in [6.07, 6.45) is 0. The summed E-state index contributed by atoms with van der Waals surface area (Å²) in [5.74, 6) is 0.869. The highest BCUT2D eigenvalue weighted by Crippen LogP contribution is 2.64. The Morgan fingerprint density at radius 2 is 2.00 bits per heavy atom. The zero-order chi connectivity index (χ0) is 19.7. The number of piperidine rings is 1. The van der Waals surface area contributed by atoms with Crippen molar-refractivity contribution in [2.24, 2.45) is 22.7 Å². The molecular formula is C18H27ClN2O3S2. The van der Waals surface area contributed by atoms with Gasteiger partial charge < -0.3 is 4.90 Å². The summed E-state index contributed by atoms with van der Waals surface area (Å²) < 4.78 is 28.7. The normalized spacial score (nSPS) is 28.7. The van der Waals surface area contributed by atoms with Crippen molar-refractivity contribution in [3.8, 4) is 0 Å². The van der Waals surface area contributed by atoms with Gasteiger partial charge in [-0.3, -0.25) is 4.79 Å². The van der Waals surface area contributed by atoms with Crippen LogP contribution in [0, 0.1) is 22.7 Å². The molecule has 0 spiro atoms. The van der Waals surface area contributed by atoms with Gasteiger partial charge in [0.2, 0.25) is 5.91 Å². The first-order chi connectivity index (χ1) is 11.8. The average Bonchev–Trinajstić information content (AvgIpc) is 2.86. The van der Waals surface area contributed by atoms with Crippen LogP contribution < -0.4 is 4.72 Å². The predicted octanol–water partition coefficient (Wildman–Crippen LogP) is 3.60. The highest BCUT2D eigenvalue weighted by molar-refractivity contribution is 7.91. The minimum Gasteiger partial charge on any atom is -0.338 e. The van der Waals surface area contributed by atoms with E-state index in [1.54, 1.807) is 6.07 Å². The molecule has 1 aliphatic carbocycles. The second-order valence-corrected chi connectivity index (χ2v) is 12.8. The van der Waals surface area contributed by atoms with Gasteiger partial charge in [-0.15, -0.1) is 11.3 Å². The number of hydrogen-bond donors (Lipinski definition) is 1. The van der Waals surface area contributed by atoms with Crippen molar-refractivity contribution in [2.75, 3.05) is 6.54 Å². The Morgan fingerprint density at radius 1 is 1.38 bits per heavy atom. The molecular weight excluding hydrogens is 392 g/mol. The smallest absolute Gasteiger partial charge is 0.250 e. The molecule has 1 saturated carbocycles. The van der Waals surface area contributed by atoms with Crippen molar-refractivity contribution in [1.29, 1.82) is 0 Å². The fraction of sp³-hybridized carbons (Fsp3) is 0.722. The minimum atomic E-state index is -3.80. The Bertz CT molecular complexity index is 826. The highest BCUT2D eigenvalue weighted by Gasteiger charge is 2.66. The molecule has 8 heteroatoms. The van der Waals surface area contributed by atoms with E-state index in [1.165, 1.54) is 6.07 Å². The number of likely N-dealkylation sites (tertiary alicyclic amines) is 1. The van der Waals surface area contributed by atoms with Crippen molar-refractivity contribution >= 4 is 38.9 Å². The predicted molar refractivity (Wildman–Crippen MR) is 105 cm³/mol. The topological polar surface area (TPSA) is 66.5 Å². The maximum atomic E-state index is 13.3. The van der Waals surface area contributed by atoms with E-state index in [0.29, 0.717) is 22.7 Å². The van der Waals surface area contributed by atoms with Crippen LogP contribution >= 0.6 is 22.9 Å². The van der Waals surface area contributed by atoms with Crippen molar-refractivity contribution in [3.05, 3.63) is 16.5 Å². The molecule has 2 fully saturated rings. The zero-order valence-electron chi connectivity index (χ0n) is 16.0. The molecule has 1 saturated heterocycles. The first-order valence-corrected chi connectivity index (χ1v) is 11.5. The van der Waals surface area contributed by atoms with Gasteiger partial charge in [-0.1, -0.05) is 46.2 Å². The van der Waals surface area contributed by atoms with E-state index in [9.17, 15) is 13.2 Å². The third kappa shape index (κ3) is 3.32. The molecule has 146 valence electrons. The Kier molecular flexibility index (Phi) is 4.79. The Labute approximate surface area is 165 Å². The minimum absolute atomic E-state index is 0.128. The quantitative estimate of drug-likeness (QED) is 0.812. The van der Waals surface area contributed by atoms with Crippen molar-refractivity contribution in [1.82, 2.24) is 9.62 Å². The van der Waals surface area contributed by atoms with Crippen LogP contribution in [0.4, 0.5) is 0 Å². The van der Waals surface area contributed by atoms with E-state index < -0.39 is 21.5 Å². The molecule has 26 heavy (non-hydrogen) atoms. The number of carbonyl (C=O) groups excluding carboxylic acids is 1. The van der Waals surface area contributed by atoms with Gasteiger partial charge in [0, 0.05) is 12.6 Å². The Balaban J connectivity index is 1.83. The van der Waals surface area contributed by atoms with Gasteiger partial charge in [-0.25, -0.2) is 8.42 Å². The van der Waals surface area contributed by atoms with Gasteiger partial charge in [0.05, 0.1) is 4.34 Å². The van der Waals surface area contributed by atoms with E-state index in [1.807, 2.05) is 25.7 Å². The number of hydrogen-bond acceptors (Lipinski definition) is 4. The second kappa shape index (κ2) is 6.19. The van der Waals surface area contributed by atoms with Crippen LogP contribution in [0.2, 0.25) is 4.34 Å². The molecule has 4 atom stereocenters. The molecule has 0 radical (unpaired) electrons. The van der Waals surface area contributed by atoms with Crippen LogP contribution in [-0.2, 0) is 14.8 Å². The summed E-state index contributed by atoms with van der Waals surface area (Å²) in [6.45, 7) is 12.9. The molecule has 1 N–H and O–H groups in total. The number of sulfonamides is 1. The number of rotatable bonds is 4. The molecule has 1 amide bonds. The molecule has 0 bridgehead atoms. The van der Waals surface area contributed by atoms with E-state index in [4.69, 9.17) is 11.6 Å². The first kappa shape index (κ1) is 20.1. The molecule has 1 aliphatic heterocycles. The molecule has 5 nitrogen and oxygen atoms in total. The van der Waals surface area contributed by atoms with Gasteiger partial charge in [-0.05, 0) is 41.7 Å². The summed E-state index contributed by atoms with van der Waals surface area (Å²) in [5, 5.41) is 0. The molecule has 1 aromatic rings. The first-order valence-electron chi connectivity index (χ1n) is 8.85. The molecule has 1 aromatic heterocycles. The lowest BCUT2D eigenvalue weighted by atomic mass is 9.86. The number of nitrogens with zero attached hydrogens (tertiary/aromatic N) is 1. The zero-order valence-corrected chi connectivity index (χ0v) is 18.4. The number of amides is 1. The second-order valence-electron chi connectivity index (χ2n) is 9.16. The van der Waals surface area contributed by atoms with Crippen LogP contribution in [-0.4, -0.2) is 37.9 Å². The van der Waals surface area contributed by atoms with E-state index in [0.717, 1.165) is 11.3 Å². The van der Waals surface area contributed by atoms with Crippen LogP contribution in [0.1, 0.15) is 41.5 Å². The molecule has 2 heterocycles. The lowest BCUT2D eigenvalue weighted by Gasteiger charge is -2.36. The van der Waals surface area contributed by atoms with E-state index in [-0.39, 0.29) is 21.6 Å². The van der Waals surface area contributed by atoms with Crippen LogP contribution in [0.25, 0.3) is 0 Å². The number of fused-ring (bicyclic) bond motifs is 1. The van der Waals surface area contributed by atoms with Crippen LogP contribution in [0.3, 0.4) is 0 Å². The van der Waals surface area contributed by atoms with Gasteiger partial charge in [-0.2, -0.15) is 4.72 Å². The maximum absolute atomic E-state index is 13.3. The molecule has 2 aliphatic rings. The number of carbonyl (C=O) groups is 1.